The first-order valence-corrected chi connectivity index (χ1v) is 4.74. The summed E-state index contributed by atoms with van der Waals surface area (Å²) in [5, 5.41) is -0.0509. The first-order valence-electron chi connectivity index (χ1n) is 2.57. The average Bonchev–Trinajstić information content (AvgIpc) is 1.82. The van der Waals surface area contributed by atoms with Crippen LogP contribution in [-0.4, -0.2) is 9.80 Å². The molecule has 0 spiro atoms. The van der Waals surface area contributed by atoms with E-state index in [0.717, 1.165) is 0 Å². The second-order valence-electron chi connectivity index (χ2n) is 1.50. The van der Waals surface area contributed by atoms with Crippen LogP contribution in [0.2, 0.25) is 0 Å². The standard InChI is InChI=1S/C6H10OS2/c1-3-5-6(4-2)9(7)8/h3-6H,2H2,1H3,(H,7,8). The third-order valence-electron chi connectivity index (χ3n) is 0.847. The van der Waals surface area contributed by atoms with Gasteiger partial charge in [0.15, 0.2) is 0 Å². The second kappa shape index (κ2) is 4.85. The fraction of sp³-hybridized carbons (Fsp3) is 0.333. The Labute approximate surface area is 62.9 Å². The maximum absolute atomic E-state index is 8.86. The van der Waals surface area contributed by atoms with Gasteiger partial charge in [0, 0.05) is 9.74 Å². The Morgan fingerprint density at radius 2 is 2.33 bits per heavy atom. The van der Waals surface area contributed by atoms with Crippen molar-refractivity contribution in [3.8, 4) is 0 Å². The van der Waals surface area contributed by atoms with Crippen LogP contribution in [0, 0.1) is 0 Å². The van der Waals surface area contributed by atoms with Crippen LogP contribution in [0.25, 0.3) is 0 Å². The predicted molar refractivity (Wildman–Crippen MR) is 46.2 cm³/mol. The summed E-state index contributed by atoms with van der Waals surface area (Å²) in [6.07, 6.45) is 5.34. The van der Waals surface area contributed by atoms with E-state index < -0.39 is 9.74 Å². The molecule has 0 amide bonds. The molecule has 52 valence electrons. The lowest BCUT2D eigenvalue weighted by Crippen LogP contribution is -2.05. The molecule has 0 bridgehead atoms. The van der Waals surface area contributed by atoms with Crippen molar-refractivity contribution in [2.45, 2.75) is 12.2 Å². The number of rotatable bonds is 3. The van der Waals surface area contributed by atoms with E-state index in [1.54, 1.807) is 6.08 Å². The molecule has 0 heterocycles. The molecular formula is C6H10OS2. The smallest absolute Gasteiger partial charge is 0.0694 e. The van der Waals surface area contributed by atoms with Crippen molar-refractivity contribution in [2.75, 3.05) is 0 Å². The summed E-state index contributed by atoms with van der Waals surface area (Å²) in [6.45, 7) is 5.42. The molecule has 1 nitrogen and oxygen atoms in total. The first kappa shape index (κ1) is 9.01. The molecule has 0 saturated carbocycles. The highest BCUT2D eigenvalue weighted by Crippen LogP contribution is 1.96. The van der Waals surface area contributed by atoms with Gasteiger partial charge in [-0.15, -0.1) is 6.58 Å². The van der Waals surface area contributed by atoms with Crippen molar-refractivity contribution in [1.82, 2.24) is 0 Å². The highest BCUT2D eigenvalue weighted by molar-refractivity contribution is 8.26. The quantitative estimate of drug-likeness (QED) is 0.637. The Kier molecular flexibility index (Phi) is 4.85. The lowest BCUT2D eigenvalue weighted by atomic mass is 10.4. The molecule has 3 heteroatoms. The van der Waals surface area contributed by atoms with Gasteiger partial charge in [0.05, 0.1) is 5.25 Å². The van der Waals surface area contributed by atoms with Gasteiger partial charge in [-0.1, -0.05) is 18.2 Å². The number of hydrogen-bond donors (Lipinski definition) is 1. The van der Waals surface area contributed by atoms with Gasteiger partial charge in [0.2, 0.25) is 0 Å². The summed E-state index contributed by atoms with van der Waals surface area (Å²) >= 11 is 4.63. The molecule has 0 radical (unpaired) electrons. The van der Waals surface area contributed by atoms with Crippen molar-refractivity contribution in [3.63, 3.8) is 0 Å². The molecule has 0 aliphatic heterocycles. The third-order valence-corrected chi connectivity index (χ3v) is 2.33. The van der Waals surface area contributed by atoms with Crippen molar-refractivity contribution in [2.24, 2.45) is 0 Å². The summed E-state index contributed by atoms with van der Waals surface area (Å²) in [5.41, 5.74) is 0. The van der Waals surface area contributed by atoms with Gasteiger partial charge < -0.3 is 4.55 Å². The molecule has 1 N–H and O–H groups in total. The molecule has 0 saturated heterocycles. The van der Waals surface area contributed by atoms with Crippen LogP contribution in [0.1, 0.15) is 6.92 Å². The van der Waals surface area contributed by atoms with E-state index in [9.17, 15) is 0 Å². The van der Waals surface area contributed by atoms with Crippen LogP contribution in [0.3, 0.4) is 0 Å². The summed E-state index contributed by atoms with van der Waals surface area (Å²) in [7, 11) is -0.975. The van der Waals surface area contributed by atoms with Gasteiger partial charge in [0.25, 0.3) is 0 Å². The zero-order valence-corrected chi connectivity index (χ0v) is 6.91. The minimum absolute atomic E-state index is 0.0509. The molecule has 9 heavy (non-hydrogen) atoms. The molecule has 2 unspecified atom stereocenters. The van der Waals surface area contributed by atoms with E-state index in [0.29, 0.717) is 0 Å². The van der Waals surface area contributed by atoms with Crippen LogP contribution in [-0.2, 0) is 20.9 Å². The topological polar surface area (TPSA) is 20.2 Å². The molecule has 0 rings (SSSR count). The SMILES string of the molecule is C=CC(C=CC)S(O)=S. The van der Waals surface area contributed by atoms with Crippen LogP contribution in [0.15, 0.2) is 24.8 Å². The average molecular weight is 162 g/mol. The number of hydrogen-bond acceptors (Lipinski definition) is 1. The maximum atomic E-state index is 8.86. The van der Waals surface area contributed by atoms with E-state index in [1.807, 2.05) is 19.1 Å². The summed E-state index contributed by atoms with van der Waals surface area (Å²) < 4.78 is 8.86. The molecule has 2 atom stereocenters. The van der Waals surface area contributed by atoms with Crippen LogP contribution in [0.5, 0.6) is 0 Å². The molecule has 0 aliphatic carbocycles. The van der Waals surface area contributed by atoms with Crippen LogP contribution >= 0.6 is 0 Å². The molecule has 0 aromatic rings. The van der Waals surface area contributed by atoms with E-state index in [2.05, 4.69) is 17.8 Å². The lowest BCUT2D eigenvalue weighted by molar-refractivity contribution is 0.654. The molecular weight excluding hydrogens is 152 g/mol. The fourth-order valence-corrected chi connectivity index (χ4v) is 1.30. The highest BCUT2D eigenvalue weighted by atomic mass is 32.8. The molecule has 0 aromatic carbocycles. The van der Waals surface area contributed by atoms with Crippen LogP contribution < -0.4 is 0 Å². The summed E-state index contributed by atoms with van der Waals surface area (Å²) in [5.74, 6) is 0. The van der Waals surface area contributed by atoms with Gasteiger partial charge >= 0.3 is 0 Å². The Morgan fingerprint density at radius 3 is 2.44 bits per heavy atom. The Balaban J connectivity index is 3.98. The third kappa shape index (κ3) is 3.56. The zero-order valence-electron chi connectivity index (χ0n) is 5.28. The second-order valence-corrected chi connectivity index (χ2v) is 3.62. The van der Waals surface area contributed by atoms with E-state index >= 15 is 0 Å². The minimum atomic E-state index is -0.975. The van der Waals surface area contributed by atoms with Gasteiger partial charge in [-0.05, 0) is 18.1 Å². The first-order chi connectivity index (χ1) is 4.22. The van der Waals surface area contributed by atoms with E-state index in [4.69, 9.17) is 4.55 Å². The van der Waals surface area contributed by atoms with Gasteiger partial charge in [-0.3, -0.25) is 0 Å². The van der Waals surface area contributed by atoms with Crippen molar-refractivity contribution < 1.29 is 4.55 Å². The molecule has 0 aromatic heterocycles. The van der Waals surface area contributed by atoms with Crippen molar-refractivity contribution >= 4 is 20.9 Å². The van der Waals surface area contributed by atoms with Gasteiger partial charge in [-0.25, -0.2) is 0 Å². The lowest BCUT2D eigenvalue weighted by Gasteiger charge is -2.01. The Morgan fingerprint density at radius 1 is 1.78 bits per heavy atom. The zero-order chi connectivity index (χ0) is 7.28. The minimum Gasteiger partial charge on any atom is -0.327 e. The summed E-state index contributed by atoms with van der Waals surface area (Å²) in [6, 6.07) is 0. The van der Waals surface area contributed by atoms with E-state index in [-0.39, 0.29) is 5.25 Å². The summed E-state index contributed by atoms with van der Waals surface area (Å²) in [4.78, 5) is 0. The highest BCUT2D eigenvalue weighted by Gasteiger charge is 1.98. The van der Waals surface area contributed by atoms with Gasteiger partial charge in [-0.2, -0.15) is 0 Å². The Bertz CT molecular complexity index is 140. The van der Waals surface area contributed by atoms with Gasteiger partial charge in [0.1, 0.15) is 0 Å². The molecule has 0 fully saturated rings. The van der Waals surface area contributed by atoms with Crippen molar-refractivity contribution in [1.29, 1.82) is 0 Å². The Hall–Kier alpha value is 0.01000. The largest absolute Gasteiger partial charge is 0.327 e. The normalized spacial score (nSPS) is 17.6. The van der Waals surface area contributed by atoms with Crippen molar-refractivity contribution in [3.05, 3.63) is 24.8 Å². The van der Waals surface area contributed by atoms with Crippen LogP contribution in [0.4, 0.5) is 0 Å². The monoisotopic (exact) mass is 162 g/mol. The molecule has 0 aliphatic rings. The fourth-order valence-electron chi connectivity index (χ4n) is 0.418. The van der Waals surface area contributed by atoms with E-state index in [1.165, 1.54) is 0 Å². The maximum Gasteiger partial charge on any atom is 0.0694 e. The number of allylic oxidation sites excluding steroid dienone is 1. The predicted octanol–water partition coefficient (Wildman–Crippen LogP) is 1.67.